The minimum Gasteiger partial charge on any atom is -0.330 e. The predicted molar refractivity (Wildman–Crippen MR) is 78.4 cm³/mol. The minimum atomic E-state index is 0.117. The molecule has 2 rings (SSSR count). The van der Waals surface area contributed by atoms with Crippen LogP contribution in [0.15, 0.2) is 24.3 Å². The number of hydrogen-bond donors (Lipinski definition) is 1. The van der Waals surface area contributed by atoms with E-state index in [1.807, 2.05) is 21.9 Å². The van der Waals surface area contributed by atoms with Crippen LogP contribution in [0.5, 0.6) is 0 Å². The first kappa shape index (κ1) is 13.9. The normalized spacial score (nSPS) is 15.7. The van der Waals surface area contributed by atoms with Gasteiger partial charge in [-0.25, -0.2) is 4.79 Å². The Balaban J connectivity index is 2.12. The lowest BCUT2D eigenvalue weighted by atomic mass is 10.1. The van der Waals surface area contributed by atoms with Crippen LogP contribution in [0, 0.1) is 0 Å². The van der Waals surface area contributed by atoms with Crippen molar-refractivity contribution in [2.24, 2.45) is 5.73 Å². The summed E-state index contributed by atoms with van der Waals surface area (Å²) in [7, 11) is 0. The number of hydrogen-bond acceptors (Lipinski definition) is 2. The van der Waals surface area contributed by atoms with Crippen LogP contribution >= 0.6 is 0 Å². The van der Waals surface area contributed by atoms with E-state index in [0.717, 1.165) is 31.6 Å². The zero-order chi connectivity index (χ0) is 13.8. The minimum absolute atomic E-state index is 0.117. The Morgan fingerprint density at radius 3 is 2.74 bits per heavy atom. The molecule has 0 saturated carbocycles. The van der Waals surface area contributed by atoms with Crippen molar-refractivity contribution in [2.45, 2.75) is 32.7 Å². The highest BCUT2D eigenvalue weighted by Gasteiger charge is 2.30. The zero-order valence-corrected chi connectivity index (χ0v) is 11.8. The van der Waals surface area contributed by atoms with Crippen molar-refractivity contribution in [1.29, 1.82) is 0 Å². The maximum Gasteiger partial charge on any atom is 0.324 e. The molecule has 0 aliphatic carbocycles. The summed E-state index contributed by atoms with van der Waals surface area (Å²) in [6.07, 6.45) is 1.95. The van der Waals surface area contributed by atoms with Crippen molar-refractivity contribution in [3.8, 4) is 0 Å². The van der Waals surface area contributed by atoms with Gasteiger partial charge >= 0.3 is 6.03 Å². The lowest BCUT2D eigenvalue weighted by Crippen LogP contribution is -2.36. The van der Waals surface area contributed by atoms with Crippen molar-refractivity contribution in [3.63, 3.8) is 0 Å². The number of carbonyl (C=O) groups excluding carboxylic acids is 1. The summed E-state index contributed by atoms with van der Waals surface area (Å²) < 4.78 is 0. The summed E-state index contributed by atoms with van der Waals surface area (Å²) in [6, 6.07) is 8.61. The molecule has 0 atom stereocenters. The number of amides is 2. The molecular formula is C15H23N3O. The van der Waals surface area contributed by atoms with Gasteiger partial charge in [0.05, 0.1) is 0 Å². The third-order valence-corrected chi connectivity index (χ3v) is 3.56. The number of benzene rings is 1. The second-order valence-corrected chi connectivity index (χ2v) is 5.28. The number of anilines is 1. The molecule has 0 spiro atoms. The first-order valence-corrected chi connectivity index (χ1v) is 7.00. The zero-order valence-electron chi connectivity index (χ0n) is 11.8. The van der Waals surface area contributed by atoms with Crippen molar-refractivity contribution in [2.75, 3.05) is 24.5 Å². The number of carbonyl (C=O) groups is 1. The molecule has 4 nitrogen and oxygen atoms in total. The highest BCUT2D eigenvalue weighted by Crippen LogP contribution is 2.23. The quantitative estimate of drug-likeness (QED) is 0.883. The molecule has 1 aromatic carbocycles. The molecular weight excluding hydrogens is 238 g/mol. The van der Waals surface area contributed by atoms with Crippen molar-refractivity contribution in [1.82, 2.24) is 4.90 Å². The van der Waals surface area contributed by atoms with Crippen molar-refractivity contribution < 1.29 is 4.79 Å². The monoisotopic (exact) mass is 261 g/mol. The second-order valence-electron chi connectivity index (χ2n) is 5.28. The molecule has 0 bridgehead atoms. The summed E-state index contributed by atoms with van der Waals surface area (Å²) >= 11 is 0. The van der Waals surface area contributed by atoms with Gasteiger partial charge in [0.25, 0.3) is 0 Å². The SMILES string of the molecule is CC(C)N1CCN(c2cccc(CCCN)c2)C1=O. The van der Waals surface area contributed by atoms with E-state index in [2.05, 4.69) is 26.0 Å². The largest absolute Gasteiger partial charge is 0.330 e. The van der Waals surface area contributed by atoms with Gasteiger partial charge < -0.3 is 10.6 Å². The Hall–Kier alpha value is -1.55. The van der Waals surface area contributed by atoms with E-state index in [9.17, 15) is 4.79 Å². The summed E-state index contributed by atoms with van der Waals surface area (Å²) in [6.45, 7) is 6.40. The fourth-order valence-corrected chi connectivity index (χ4v) is 2.46. The maximum absolute atomic E-state index is 12.3. The van der Waals surface area contributed by atoms with Crippen molar-refractivity contribution >= 4 is 11.7 Å². The summed E-state index contributed by atoms with van der Waals surface area (Å²) in [5.41, 5.74) is 7.79. The van der Waals surface area contributed by atoms with Crippen molar-refractivity contribution in [3.05, 3.63) is 29.8 Å². The lowest BCUT2D eigenvalue weighted by Gasteiger charge is -2.22. The van der Waals surface area contributed by atoms with E-state index in [1.54, 1.807) is 0 Å². The summed E-state index contributed by atoms with van der Waals surface area (Å²) in [5, 5.41) is 0. The van der Waals surface area contributed by atoms with E-state index < -0.39 is 0 Å². The van der Waals surface area contributed by atoms with E-state index in [-0.39, 0.29) is 12.1 Å². The van der Waals surface area contributed by atoms with Gasteiger partial charge in [-0.05, 0) is 50.9 Å². The van der Waals surface area contributed by atoms with Crippen LogP contribution in [0.25, 0.3) is 0 Å². The molecule has 1 saturated heterocycles. The van der Waals surface area contributed by atoms with Crippen LogP contribution in [0.3, 0.4) is 0 Å². The van der Waals surface area contributed by atoms with Crippen LogP contribution in [-0.4, -0.2) is 36.6 Å². The molecule has 0 unspecified atom stereocenters. The van der Waals surface area contributed by atoms with Crippen LogP contribution in [-0.2, 0) is 6.42 Å². The molecule has 2 amide bonds. The smallest absolute Gasteiger partial charge is 0.324 e. The second kappa shape index (κ2) is 6.06. The van der Waals surface area contributed by atoms with Crippen LogP contribution in [0.1, 0.15) is 25.8 Å². The molecule has 104 valence electrons. The molecule has 1 aliphatic heterocycles. The third-order valence-electron chi connectivity index (χ3n) is 3.56. The van der Waals surface area contributed by atoms with Gasteiger partial charge in [0.15, 0.2) is 0 Å². The van der Waals surface area contributed by atoms with Gasteiger partial charge in [0.2, 0.25) is 0 Å². The van der Waals surface area contributed by atoms with E-state index in [4.69, 9.17) is 5.73 Å². The first-order chi connectivity index (χ1) is 9.13. The van der Waals surface area contributed by atoms with Gasteiger partial charge in [-0.15, -0.1) is 0 Å². The molecule has 4 heteroatoms. The Morgan fingerprint density at radius 2 is 2.11 bits per heavy atom. The van der Waals surface area contributed by atoms with Gasteiger partial charge in [-0.2, -0.15) is 0 Å². The van der Waals surface area contributed by atoms with E-state index in [0.29, 0.717) is 6.54 Å². The van der Waals surface area contributed by atoms with Crippen LogP contribution < -0.4 is 10.6 Å². The Kier molecular flexibility index (Phi) is 4.43. The first-order valence-electron chi connectivity index (χ1n) is 7.00. The summed E-state index contributed by atoms with van der Waals surface area (Å²) in [5.74, 6) is 0. The molecule has 1 aromatic rings. The molecule has 0 radical (unpaired) electrons. The number of nitrogens with two attached hydrogens (primary N) is 1. The average molecular weight is 261 g/mol. The van der Waals surface area contributed by atoms with Gasteiger partial charge in [-0.1, -0.05) is 12.1 Å². The summed E-state index contributed by atoms with van der Waals surface area (Å²) in [4.78, 5) is 16.1. The molecule has 1 fully saturated rings. The number of nitrogens with zero attached hydrogens (tertiary/aromatic N) is 2. The molecule has 19 heavy (non-hydrogen) atoms. The Bertz CT molecular complexity index is 445. The molecule has 0 aromatic heterocycles. The Morgan fingerprint density at radius 1 is 1.32 bits per heavy atom. The standard InChI is InChI=1S/C15H23N3O/c1-12(2)17-9-10-18(15(17)19)14-7-3-5-13(11-14)6-4-8-16/h3,5,7,11-12H,4,6,8-10,16H2,1-2H3. The fourth-order valence-electron chi connectivity index (χ4n) is 2.46. The number of urea groups is 1. The maximum atomic E-state index is 12.3. The van der Waals surface area contributed by atoms with Gasteiger partial charge in [0.1, 0.15) is 0 Å². The molecule has 1 aliphatic rings. The average Bonchev–Trinajstić information content (AvgIpc) is 2.78. The predicted octanol–water partition coefficient (Wildman–Crippen LogP) is 2.23. The van der Waals surface area contributed by atoms with E-state index >= 15 is 0 Å². The van der Waals surface area contributed by atoms with Crippen LogP contribution in [0.2, 0.25) is 0 Å². The van der Waals surface area contributed by atoms with Gasteiger partial charge in [0, 0.05) is 24.8 Å². The lowest BCUT2D eigenvalue weighted by molar-refractivity contribution is 0.209. The fraction of sp³-hybridized carbons (Fsp3) is 0.533. The third kappa shape index (κ3) is 3.07. The topological polar surface area (TPSA) is 49.6 Å². The molecule has 2 N–H and O–H groups in total. The van der Waals surface area contributed by atoms with Gasteiger partial charge in [-0.3, -0.25) is 4.90 Å². The Labute approximate surface area is 115 Å². The highest BCUT2D eigenvalue weighted by molar-refractivity contribution is 5.94. The number of aryl methyl sites for hydroxylation is 1. The number of rotatable bonds is 5. The van der Waals surface area contributed by atoms with E-state index in [1.165, 1.54) is 5.56 Å². The van der Waals surface area contributed by atoms with Crippen LogP contribution in [0.4, 0.5) is 10.5 Å². The highest BCUT2D eigenvalue weighted by atomic mass is 16.2. The molecule has 1 heterocycles.